The van der Waals surface area contributed by atoms with Gasteiger partial charge in [0.1, 0.15) is 11.8 Å². The van der Waals surface area contributed by atoms with E-state index in [0.717, 1.165) is 16.0 Å². The molecular formula is C27H22N2O4S2. The van der Waals surface area contributed by atoms with E-state index in [2.05, 4.69) is 0 Å². The standard InChI is InChI=1S/C27H22N2O4S2/c1-3-33-26(31)22-23(18-10-5-4-6-11-18)28-27-29(24(22)20-13-8-14-34-20)25(30)21(35-27)16-17-9-7-12-19(15-17)32-2/h4-16,24H,3H2,1-2H3/b21-16-. The average Bonchev–Trinajstić information content (AvgIpc) is 3.52. The van der Waals surface area contributed by atoms with E-state index in [0.29, 0.717) is 26.4 Å². The first-order chi connectivity index (χ1) is 17.1. The van der Waals surface area contributed by atoms with Crippen LogP contribution in [0.3, 0.4) is 0 Å². The van der Waals surface area contributed by atoms with Gasteiger partial charge in [0.2, 0.25) is 0 Å². The van der Waals surface area contributed by atoms with E-state index >= 15 is 0 Å². The van der Waals surface area contributed by atoms with Crippen molar-refractivity contribution in [3.05, 3.63) is 113 Å². The van der Waals surface area contributed by atoms with Crippen LogP contribution in [-0.4, -0.2) is 24.3 Å². The maximum Gasteiger partial charge on any atom is 0.338 e. The molecule has 3 heterocycles. The quantitative estimate of drug-likeness (QED) is 0.374. The Morgan fingerprint density at radius 3 is 2.66 bits per heavy atom. The number of ether oxygens (including phenoxy) is 2. The number of hydrogen-bond acceptors (Lipinski definition) is 7. The summed E-state index contributed by atoms with van der Waals surface area (Å²) >= 11 is 2.79. The van der Waals surface area contributed by atoms with E-state index in [1.165, 1.54) is 22.7 Å². The molecule has 1 unspecified atom stereocenters. The van der Waals surface area contributed by atoms with Gasteiger partial charge in [-0.15, -0.1) is 11.3 Å². The minimum Gasteiger partial charge on any atom is -0.497 e. The molecule has 1 aliphatic rings. The lowest BCUT2D eigenvalue weighted by Gasteiger charge is -2.24. The summed E-state index contributed by atoms with van der Waals surface area (Å²) in [7, 11) is 1.61. The smallest absolute Gasteiger partial charge is 0.338 e. The first kappa shape index (κ1) is 23.0. The molecule has 0 aliphatic carbocycles. The van der Waals surface area contributed by atoms with Gasteiger partial charge in [0.15, 0.2) is 4.80 Å². The summed E-state index contributed by atoms with van der Waals surface area (Å²) in [5, 5.41) is 1.94. The van der Waals surface area contributed by atoms with E-state index in [4.69, 9.17) is 14.5 Å². The molecule has 6 nitrogen and oxygen atoms in total. The number of aromatic nitrogens is 1. The molecule has 1 aliphatic heterocycles. The fourth-order valence-corrected chi connectivity index (χ4v) is 5.86. The van der Waals surface area contributed by atoms with E-state index in [9.17, 15) is 9.59 Å². The fourth-order valence-electron chi connectivity index (χ4n) is 4.04. The van der Waals surface area contributed by atoms with Crippen LogP contribution in [-0.2, 0) is 9.53 Å². The lowest BCUT2D eigenvalue weighted by atomic mass is 9.97. The zero-order valence-electron chi connectivity index (χ0n) is 19.1. The Morgan fingerprint density at radius 1 is 1.11 bits per heavy atom. The summed E-state index contributed by atoms with van der Waals surface area (Å²) in [6.07, 6.45) is 1.83. The van der Waals surface area contributed by atoms with Crippen molar-refractivity contribution in [2.24, 2.45) is 4.99 Å². The van der Waals surface area contributed by atoms with Gasteiger partial charge in [0.05, 0.1) is 29.5 Å². The van der Waals surface area contributed by atoms with E-state index in [-0.39, 0.29) is 12.2 Å². The molecule has 0 amide bonds. The molecule has 0 bridgehead atoms. The highest BCUT2D eigenvalue weighted by molar-refractivity contribution is 7.10. The van der Waals surface area contributed by atoms with Crippen molar-refractivity contribution < 1.29 is 14.3 Å². The first-order valence-electron chi connectivity index (χ1n) is 11.1. The van der Waals surface area contributed by atoms with E-state index in [1.807, 2.05) is 78.2 Å². The summed E-state index contributed by atoms with van der Waals surface area (Å²) in [4.78, 5) is 33.3. The van der Waals surface area contributed by atoms with Crippen LogP contribution in [0.15, 0.2) is 87.5 Å². The normalized spacial score (nSPS) is 15.5. The number of benzene rings is 2. The van der Waals surface area contributed by atoms with Gasteiger partial charge in [-0.1, -0.05) is 59.9 Å². The van der Waals surface area contributed by atoms with Crippen LogP contribution >= 0.6 is 22.7 Å². The highest BCUT2D eigenvalue weighted by Crippen LogP contribution is 2.36. The highest BCUT2D eigenvalue weighted by atomic mass is 32.1. The first-order valence-corrected chi connectivity index (χ1v) is 12.8. The second-order valence-electron chi connectivity index (χ2n) is 7.72. The van der Waals surface area contributed by atoms with Crippen molar-refractivity contribution in [2.75, 3.05) is 13.7 Å². The zero-order chi connectivity index (χ0) is 24.4. The third kappa shape index (κ3) is 4.38. The predicted molar refractivity (Wildman–Crippen MR) is 138 cm³/mol. The molecule has 0 saturated heterocycles. The van der Waals surface area contributed by atoms with Crippen molar-refractivity contribution in [1.82, 2.24) is 4.57 Å². The third-order valence-corrected chi connectivity index (χ3v) is 7.49. The number of nitrogens with zero attached hydrogens (tertiary/aromatic N) is 2. The van der Waals surface area contributed by atoms with Crippen molar-refractivity contribution in [3.8, 4) is 5.75 Å². The lowest BCUT2D eigenvalue weighted by Crippen LogP contribution is -2.39. The van der Waals surface area contributed by atoms with Gasteiger partial charge in [0, 0.05) is 10.4 Å². The molecule has 8 heteroatoms. The highest BCUT2D eigenvalue weighted by Gasteiger charge is 2.35. The van der Waals surface area contributed by atoms with E-state index < -0.39 is 12.0 Å². The van der Waals surface area contributed by atoms with Crippen molar-refractivity contribution in [2.45, 2.75) is 13.0 Å². The number of methoxy groups -OCH3 is 1. The minimum absolute atomic E-state index is 0.205. The Hall–Kier alpha value is -3.75. The number of carbonyl (C=O) groups is 1. The number of hydrogen-bond donors (Lipinski definition) is 0. The van der Waals surface area contributed by atoms with Gasteiger partial charge in [-0.3, -0.25) is 9.36 Å². The summed E-state index contributed by atoms with van der Waals surface area (Å²) < 4.78 is 12.9. The Balaban J connectivity index is 1.80. The summed E-state index contributed by atoms with van der Waals surface area (Å²) in [6, 6.07) is 20.3. The molecule has 2 aromatic carbocycles. The Labute approximate surface area is 209 Å². The van der Waals surface area contributed by atoms with Gasteiger partial charge in [-0.05, 0) is 42.1 Å². The molecule has 0 radical (unpaired) electrons. The number of thiophene rings is 1. The van der Waals surface area contributed by atoms with Crippen molar-refractivity contribution in [3.63, 3.8) is 0 Å². The topological polar surface area (TPSA) is 69.9 Å². The molecule has 0 N–H and O–H groups in total. The molecule has 0 saturated carbocycles. The SMILES string of the molecule is CCOC(=O)C1=C(c2ccccc2)N=c2s/c(=C\c3cccc(OC)c3)c(=O)n2C1c1cccs1. The molecule has 0 fully saturated rings. The lowest BCUT2D eigenvalue weighted by molar-refractivity contribution is -0.138. The summed E-state index contributed by atoms with van der Waals surface area (Å²) in [6.45, 7) is 1.99. The van der Waals surface area contributed by atoms with Crippen LogP contribution in [0.4, 0.5) is 0 Å². The van der Waals surface area contributed by atoms with Crippen molar-refractivity contribution in [1.29, 1.82) is 0 Å². The van der Waals surface area contributed by atoms with Crippen LogP contribution in [0.5, 0.6) is 5.75 Å². The monoisotopic (exact) mass is 502 g/mol. The Bertz CT molecular complexity index is 1580. The van der Waals surface area contributed by atoms with Gasteiger partial charge in [0.25, 0.3) is 5.56 Å². The maximum absolute atomic E-state index is 13.7. The Morgan fingerprint density at radius 2 is 1.94 bits per heavy atom. The number of esters is 1. The maximum atomic E-state index is 13.7. The van der Waals surface area contributed by atoms with Gasteiger partial charge in [-0.2, -0.15) is 0 Å². The number of carbonyl (C=O) groups excluding carboxylic acids is 1. The van der Waals surface area contributed by atoms with Crippen molar-refractivity contribution >= 4 is 40.4 Å². The van der Waals surface area contributed by atoms with Crippen LogP contribution in [0, 0.1) is 0 Å². The summed E-state index contributed by atoms with van der Waals surface area (Å²) in [5.74, 6) is 0.231. The van der Waals surface area contributed by atoms with Crippen LogP contribution in [0.2, 0.25) is 0 Å². The van der Waals surface area contributed by atoms with Gasteiger partial charge >= 0.3 is 5.97 Å². The predicted octanol–water partition coefficient (Wildman–Crippen LogP) is 4.01. The van der Waals surface area contributed by atoms with Crippen LogP contribution < -0.4 is 19.6 Å². The molecule has 1 atom stereocenters. The second-order valence-corrected chi connectivity index (χ2v) is 9.71. The van der Waals surface area contributed by atoms with Gasteiger partial charge in [-0.25, -0.2) is 9.79 Å². The number of rotatable bonds is 6. The molecule has 4 aromatic rings. The zero-order valence-corrected chi connectivity index (χ0v) is 20.8. The second kappa shape index (κ2) is 9.85. The Kier molecular flexibility index (Phi) is 6.48. The molecule has 0 spiro atoms. The van der Waals surface area contributed by atoms with Gasteiger partial charge < -0.3 is 9.47 Å². The number of thiazole rings is 1. The number of fused-ring (bicyclic) bond motifs is 1. The minimum atomic E-state index is -0.632. The van der Waals surface area contributed by atoms with Crippen LogP contribution in [0.25, 0.3) is 11.8 Å². The fraction of sp³-hybridized carbons (Fsp3) is 0.148. The van der Waals surface area contributed by atoms with E-state index in [1.54, 1.807) is 18.6 Å². The largest absolute Gasteiger partial charge is 0.497 e. The summed E-state index contributed by atoms with van der Waals surface area (Å²) in [5.41, 5.74) is 2.32. The average molecular weight is 503 g/mol. The van der Waals surface area contributed by atoms with Crippen LogP contribution in [0.1, 0.15) is 29.0 Å². The molecule has 35 heavy (non-hydrogen) atoms. The molecular weight excluding hydrogens is 480 g/mol. The molecule has 2 aromatic heterocycles. The molecule has 5 rings (SSSR count). The third-order valence-electron chi connectivity index (χ3n) is 5.58. The molecule has 176 valence electrons.